The molecule has 2 aromatic rings. The summed E-state index contributed by atoms with van der Waals surface area (Å²) in [5.74, 6) is -0.431. The van der Waals surface area contributed by atoms with Gasteiger partial charge in [-0.25, -0.2) is 9.59 Å². The lowest BCUT2D eigenvalue weighted by Gasteiger charge is -2.63. The number of hydrogen-bond donors (Lipinski definition) is 0. The van der Waals surface area contributed by atoms with Crippen molar-refractivity contribution in [3.63, 3.8) is 0 Å². The van der Waals surface area contributed by atoms with Crippen LogP contribution >= 0.6 is 0 Å². The second-order valence-electron chi connectivity index (χ2n) is 13.5. The van der Waals surface area contributed by atoms with E-state index in [2.05, 4.69) is 13.8 Å². The monoisotopic (exact) mass is 556 g/mol. The van der Waals surface area contributed by atoms with Crippen molar-refractivity contribution in [2.45, 2.75) is 77.9 Å². The molecule has 0 amide bonds. The molecule has 2 aromatic carbocycles. The molecule has 0 saturated heterocycles. The fourth-order valence-electron chi connectivity index (χ4n) is 9.52. The number of ether oxygens (including phenoxy) is 2. The Kier molecular flexibility index (Phi) is 7.15. The molecule has 6 rings (SSSR count). The summed E-state index contributed by atoms with van der Waals surface area (Å²) in [5, 5.41) is 0. The van der Waals surface area contributed by atoms with Gasteiger partial charge in [0.1, 0.15) is 23.8 Å². The molecule has 4 aliphatic carbocycles. The van der Waals surface area contributed by atoms with Crippen LogP contribution in [0.3, 0.4) is 0 Å². The van der Waals surface area contributed by atoms with Gasteiger partial charge in [0.15, 0.2) is 0 Å². The molecule has 216 valence electrons. The average Bonchev–Trinajstić information content (AvgIpc) is 3.31. The summed E-state index contributed by atoms with van der Waals surface area (Å²) in [6, 6.07) is 18.1. The maximum absolute atomic E-state index is 13.5. The smallest absolute Gasteiger partial charge is 0.338 e. The van der Waals surface area contributed by atoms with Crippen molar-refractivity contribution in [3.8, 4) is 0 Å². The number of esters is 2. The van der Waals surface area contributed by atoms with Gasteiger partial charge >= 0.3 is 11.9 Å². The van der Waals surface area contributed by atoms with Gasteiger partial charge in [-0.15, -0.1) is 0 Å². The molecule has 0 radical (unpaired) electrons. The molecule has 4 saturated carbocycles. The van der Waals surface area contributed by atoms with Crippen molar-refractivity contribution in [1.29, 1.82) is 0 Å². The molecule has 0 N–H and O–H groups in total. The fourth-order valence-corrected chi connectivity index (χ4v) is 9.52. The quantitative estimate of drug-likeness (QED) is 0.392. The van der Waals surface area contributed by atoms with E-state index in [1.807, 2.05) is 36.4 Å². The summed E-state index contributed by atoms with van der Waals surface area (Å²) in [5.41, 5.74) is 0.371. The molecule has 6 nitrogen and oxygen atoms in total. The van der Waals surface area contributed by atoms with Crippen LogP contribution in [0.2, 0.25) is 0 Å². The molecule has 0 spiro atoms. The van der Waals surface area contributed by atoms with Crippen molar-refractivity contribution in [2.24, 2.45) is 40.4 Å². The molecule has 0 heterocycles. The lowest BCUT2D eigenvalue weighted by atomic mass is 9.43. The van der Waals surface area contributed by atoms with E-state index in [0.717, 1.165) is 19.3 Å². The number of rotatable bonds is 5. The van der Waals surface area contributed by atoms with E-state index in [1.165, 1.54) is 0 Å². The first-order valence-electron chi connectivity index (χ1n) is 15.2. The van der Waals surface area contributed by atoms with E-state index < -0.39 is 12.2 Å². The van der Waals surface area contributed by atoms with Crippen molar-refractivity contribution >= 4 is 23.5 Å². The molecule has 9 atom stereocenters. The van der Waals surface area contributed by atoms with Gasteiger partial charge in [0.25, 0.3) is 0 Å². The minimum Gasteiger partial charge on any atom is -0.458 e. The third-order valence-corrected chi connectivity index (χ3v) is 11.4. The third kappa shape index (κ3) is 4.73. The van der Waals surface area contributed by atoms with Gasteiger partial charge in [-0.1, -0.05) is 50.2 Å². The molecular weight excluding hydrogens is 516 g/mol. The van der Waals surface area contributed by atoms with Crippen LogP contribution < -0.4 is 0 Å². The normalized spacial score (nSPS) is 37.7. The highest BCUT2D eigenvalue weighted by atomic mass is 16.6. The number of carbonyl (C=O) groups is 4. The number of fused-ring (bicyclic) bond motifs is 5. The number of benzene rings is 2. The van der Waals surface area contributed by atoms with Crippen LogP contribution in [-0.4, -0.2) is 35.7 Å². The summed E-state index contributed by atoms with van der Waals surface area (Å²) < 4.78 is 12.8. The Hall–Kier alpha value is -3.28. The SMILES string of the molecule is CC(=O)C1CCC2C3C(OC(=O)c4ccccc4)CC4CC(=O)CCC4(C)C3C(OC(=O)c3ccccc3)CC12C. The summed E-state index contributed by atoms with van der Waals surface area (Å²) in [7, 11) is 0. The zero-order chi connectivity index (χ0) is 28.9. The standard InChI is InChI=1S/C35H40O6/c1-21(36)26-14-15-27-30-28(40-32(38)22-10-6-4-7-11-22)19-24-18-25(37)16-17-34(24,2)31(30)29(20-35(26,27)3)41-33(39)23-12-8-5-9-13-23/h4-13,24,26-31H,14-20H2,1-3H3. The van der Waals surface area contributed by atoms with Crippen LogP contribution in [0.5, 0.6) is 0 Å². The second-order valence-corrected chi connectivity index (χ2v) is 13.5. The lowest BCUT2D eigenvalue weighted by Crippen LogP contribution is -2.64. The summed E-state index contributed by atoms with van der Waals surface area (Å²) >= 11 is 0. The fraction of sp³-hybridized carbons (Fsp3) is 0.543. The van der Waals surface area contributed by atoms with Crippen LogP contribution in [0, 0.1) is 40.4 Å². The van der Waals surface area contributed by atoms with Gasteiger partial charge in [-0.2, -0.15) is 0 Å². The largest absolute Gasteiger partial charge is 0.458 e. The predicted molar refractivity (Wildman–Crippen MR) is 153 cm³/mol. The van der Waals surface area contributed by atoms with E-state index in [4.69, 9.17) is 9.47 Å². The van der Waals surface area contributed by atoms with Gasteiger partial charge in [0, 0.05) is 30.6 Å². The minimum atomic E-state index is -0.451. The summed E-state index contributed by atoms with van der Waals surface area (Å²) in [6.45, 7) is 6.12. The highest BCUT2D eigenvalue weighted by molar-refractivity contribution is 5.90. The molecule has 4 aliphatic rings. The maximum Gasteiger partial charge on any atom is 0.338 e. The lowest BCUT2D eigenvalue weighted by molar-refractivity contribution is -0.205. The highest BCUT2D eigenvalue weighted by Crippen LogP contribution is 2.68. The Morgan fingerprint density at radius 3 is 1.98 bits per heavy atom. The first kappa shape index (κ1) is 27.9. The van der Waals surface area contributed by atoms with Crippen molar-refractivity contribution in [3.05, 3.63) is 71.8 Å². The first-order chi connectivity index (χ1) is 19.6. The predicted octanol–water partition coefficient (Wildman–Crippen LogP) is 6.47. The molecule has 0 aromatic heterocycles. The third-order valence-electron chi connectivity index (χ3n) is 11.4. The van der Waals surface area contributed by atoms with E-state index in [-0.39, 0.29) is 63.9 Å². The molecule has 0 bridgehead atoms. The number of carbonyl (C=O) groups excluding carboxylic acids is 4. The number of Topliss-reactive ketones (excluding diaryl/α,β-unsaturated/α-hetero) is 2. The van der Waals surface area contributed by atoms with Gasteiger partial charge in [0.05, 0.1) is 11.1 Å². The van der Waals surface area contributed by atoms with Gasteiger partial charge in [0.2, 0.25) is 0 Å². The Morgan fingerprint density at radius 1 is 0.805 bits per heavy atom. The zero-order valence-electron chi connectivity index (χ0n) is 24.2. The van der Waals surface area contributed by atoms with Crippen molar-refractivity contribution in [2.75, 3.05) is 0 Å². The molecular formula is C35H40O6. The van der Waals surface area contributed by atoms with E-state index in [9.17, 15) is 19.2 Å². The van der Waals surface area contributed by atoms with Crippen LogP contribution in [0.4, 0.5) is 0 Å². The molecule has 0 aliphatic heterocycles. The van der Waals surface area contributed by atoms with Crippen LogP contribution in [0.1, 0.15) is 86.4 Å². The second kappa shape index (κ2) is 10.5. The topological polar surface area (TPSA) is 86.7 Å². The summed E-state index contributed by atoms with van der Waals surface area (Å²) in [6.07, 6.45) is 3.69. The molecule has 6 heteroatoms. The first-order valence-corrected chi connectivity index (χ1v) is 15.2. The Bertz CT molecular complexity index is 1340. The summed E-state index contributed by atoms with van der Waals surface area (Å²) in [4.78, 5) is 52.7. The van der Waals surface area contributed by atoms with E-state index in [1.54, 1.807) is 31.2 Å². The number of ketones is 2. The molecule has 41 heavy (non-hydrogen) atoms. The van der Waals surface area contributed by atoms with Crippen molar-refractivity contribution in [1.82, 2.24) is 0 Å². The Morgan fingerprint density at radius 2 is 1.39 bits per heavy atom. The zero-order valence-corrected chi connectivity index (χ0v) is 24.2. The highest BCUT2D eigenvalue weighted by Gasteiger charge is 2.67. The van der Waals surface area contributed by atoms with Gasteiger partial charge < -0.3 is 9.47 Å². The Balaban J connectivity index is 1.43. The van der Waals surface area contributed by atoms with Crippen molar-refractivity contribution < 1.29 is 28.7 Å². The Labute approximate surface area is 242 Å². The average molecular weight is 557 g/mol. The van der Waals surface area contributed by atoms with Gasteiger partial charge in [-0.3, -0.25) is 9.59 Å². The maximum atomic E-state index is 13.5. The molecule has 4 fully saturated rings. The van der Waals surface area contributed by atoms with Gasteiger partial charge in [-0.05, 0) is 86.0 Å². The molecule has 9 unspecified atom stereocenters. The minimum absolute atomic E-state index is 0.0332. The van der Waals surface area contributed by atoms with E-state index in [0.29, 0.717) is 36.8 Å². The van der Waals surface area contributed by atoms with E-state index >= 15 is 0 Å². The van der Waals surface area contributed by atoms with Crippen LogP contribution in [0.15, 0.2) is 60.7 Å². The van der Waals surface area contributed by atoms with Crippen LogP contribution in [0.25, 0.3) is 0 Å². The number of hydrogen-bond acceptors (Lipinski definition) is 6. The van der Waals surface area contributed by atoms with Crippen LogP contribution in [-0.2, 0) is 19.1 Å².